The Kier molecular flexibility index (Phi) is 4.88. The molecule has 0 unspecified atom stereocenters. The summed E-state index contributed by atoms with van der Waals surface area (Å²) in [5, 5.41) is 3.01. The first kappa shape index (κ1) is 15.6. The van der Waals surface area contributed by atoms with E-state index in [1.54, 1.807) is 0 Å². The first-order valence-electron chi connectivity index (χ1n) is 5.66. The van der Waals surface area contributed by atoms with E-state index in [-0.39, 0.29) is 18.9 Å². The second kappa shape index (κ2) is 5.64. The fraction of sp³-hybridized carbons (Fsp3) is 1.00. The lowest BCUT2D eigenvalue weighted by atomic mass is 9.89. The maximum atomic E-state index is 12.2. The molecule has 108 valence electrons. The van der Waals surface area contributed by atoms with Crippen molar-refractivity contribution in [1.82, 2.24) is 5.32 Å². The summed E-state index contributed by atoms with van der Waals surface area (Å²) in [6.45, 7) is 2.61. The largest absolute Gasteiger partial charge is 0.423 e. The molecule has 0 heterocycles. The van der Waals surface area contributed by atoms with Crippen LogP contribution in [0.3, 0.4) is 0 Å². The number of hydrogen-bond donors (Lipinski definition) is 1. The third-order valence-electron chi connectivity index (χ3n) is 2.70. The predicted molar refractivity (Wildman–Crippen MR) is 52.1 cm³/mol. The van der Waals surface area contributed by atoms with Crippen molar-refractivity contribution in [3.8, 4) is 0 Å². The van der Waals surface area contributed by atoms with Crippen LogP contribution >= 0.6 is 0 Å². The van der Waals surface area contributed by atoms with Crippen molar-refractivity contribution in [2.75, 3.05) is 6.54 Å². The van der Waals surface area contributed by atoms with E-state index >= 15 is 0 Å². The van der Waals surface area contributed by atoms with E-state index in [1.807, 2.05) is 6.92 Å². The highest BCUT2D eigenvalue weighted by Gasteiger charge is 2.59. The topological polar surface area (TPSA) is 21.3 Å². The number of halogens is 6. The molecule has 0 aromatic heterocycles. The fourth-order valence-corrected chi connectivity index (χ4v) is 1.72. The molecule has 0 radical (unpaired) electrons. The molecule has 1 saturated carbocycles. The van der Waals surface area contributed by atoms with Crippen LogP contribution in [0.1, 0.15) is 26.2 Å². The Bertz CT molecular complexity index is 244. The summed E-state index contributed by atoms with van der Waals surface area (Å²) in [7, 11) is 0. The summed E-state index contributed by atoms with van der Waals surface area (Å²) < 4.78 is 77.2. The lowest BCUT2D eigenvalue weighted by molar-refractivity contribution is -0.336. The molecule has 1 N–H and O–H groups in total. The Labute approximate surface area is 101 Å². The molecule has 8 heteroatoms. The van der Waals surface area contributed by atoms with Gasteiger partial charge in [-0.15, -0.1) is 0 Å². The number of nitrogens with one attached hydrogen (secondary N) is 1. The minimum Gasteiger partial charge on any atom is -0.357 e. The molecular formula is C10H15F6NO. The molecule has 0 amide bonds. The number of ether oxygens (including phenoxy) is 1. The van der Waals surface area contributed by atoms with E-state index in [0.29, 0.717) is 6.54 Å². The SMILES string of the molecule is CCCNC1CC(OC(C(F)(F)F)C(F)(F)F)C1. The fourth-order valence-electron chi connectivity index (χ4n) is 1.72. The minimum atomic E-state index is -5.42. The van der Waals surface area contributed by atoms with Gasteiger partial charge in [0, 0.05) is 6.04 Å². The van der Waals surface area contributed by atoms with E-state index in [1.165, 1.54) is 0 Å². The van der Waals surface area contributed by atoms with Gasteiger partial charge in [-0.1, -0.05) is 6.92 Å². The molecule has 1 aliphatic rings. The Morgan fingerprint density at radius 3 is 2.00 bits per heavy atom. The van der Waals surface area contributed by atoms with E-state index < -0.39 is 24.6 Å². The highest BCUT2D eigenvalue weighted by atomic mass is 19.4. The van der Waals surface area contributed by atoms with Crippen molar-refractivity contribution in [3.05, 3.63) is 0 Å². The van der Waals surface area contributed by atoms with Gasteiger partial charge in [0.05, 0.1) is 6.10 Å². The summed E-state index contributed by atoms with van der Waals surface area (Å²) in [4.78, 5) is 0. The van der Waals surface area contributed by atoms with Crippen LogP contribution in [0.4, 0.5) is 26.3 Å². The van der Waals surface area contributed by atoms with Gasteiger partial charge in [0.25, 0.3) is 0 Å². The van der Waals surface area contributed by atoms with E-state index in [4.69, 9.17) is 0 Å². The van der Waals surface area contributed by atoms with E-state index in [2.05, 4.69) is 10.1 Å². The number of rotatable bonds is 5. The lowest BCUT2D eigenvalue weighted by Gasteiger charge is -2.38. The average Bonchev–Trinajstić information content (AvgIpc) is 2.10. The molecule has 0 aromatic rings. The third-order valence-corrected chi connectivity index (χ3v) is 2.70. The Hall–Kier alpha value is -0.500. The first-order chi connectivity index (χ1) is 8.14. The van der Waals surface area contributed by atoms with Crippen molar-refractivity contribution < 1.29 is 31.1 Å². The van der Waals surface area contributed by atoms with E-state index in [9.17, 15) is 26.3 Å². The average molecular weight is 279 g/mol. The van der Waals surface area contributed by atoms with Gasteiger partial charge in [0.1, 0.15) is 0 Å². The molecule has 0 atom stereocenters. The highest BCUT2D eigenvalue weighted by Crippen LogP contribution is 2.38. The molecule has 0 spiro atoms. The van der Waals surface area contributed by atoms with Gasteiger partial charge in [0.2, 0.25) is 6.10 Å². The zero-order valence-electron chi connectivity index (χ0n) is 9.74. The molecule has 2 nitrogen and oxygen atoms in total. The van der Waals surface area contributed by atoms with Gasteiger partial charge < -0.3 is 10.1 Å². The van der Waals surface area contributed by atoms with E-state index in [0.717, 1.165) is 6.42 Å². The number of alkyl halides is 6. The molecule has 1 rings (SSSR count). The predicted octanol–water partition coefficient (Wildman–Crippen LogP) is 3.03. The third kappa shape index (κ3) is 4.31. The zero-order valence-corrected chi connectivity index (χ0v) is 9.74. The first-order valence-corrected chi connectivity index (χ1v) is 5.66. The molecule has 0 aromatic carbocycles. The molecule has 1 aliphatic carbocycles. The van der Waals surface area contributed by atoms with Gasteiger partial charge in [-0.3, -0.25) is 0 Å². The molecule has 1 fully saturated rings. The molecule has 0 aliphatic heterocycles. The maximum Gasteiger partial charge on any atom is 0.423 e. The summed E-state index contributed by atoms with van der Waals surface area (Å²) in [6.07, 6.45) is -14.3. The van der Waals surface area contributed by atoms with Gasteiger partial charge in [0.15, 0.2) is 0 Å². The quantitative estimate of drug-likeness (QED) is 0.781. The lowest BCUT2D eigenvalue weighted by Crippen LogP contribution is -2.52. The van der Waals surface area contributed by atoms with Crippen molar-refractivity contribution in [1.29, 1.82) is 0 Å². The Morgan fingerprint density at radius 1 is 1.11 bits per heavy atom. The van der Waals surface area contributed by atoms with Crippen LogP contribution in [-0.2, 0) is 4.74 Å². The molecular weight excluding hydrogens is 264 g/mol. The van der Waals surface area contributed by atoms with Gasteiger partial charge >= 0.3 is 12.4 Å². The number of hydrogen-bond acceptors (Lipinski definition) is 2. The van der Waals surface area contributed by atoms with Crippen LogP contribution in [-0.4, -0.2) is 37.1 Å². The summed E-state index contributed by atoms with van der Waals surface area (Å²) in [5.41, 5.74) is 0. The van der Waals surface area contributed by atoms with Crippen LogP contribution in [0, 0.1) is 0 Å². The van der Waals surface area contributed by atoms with Crippen molar-refractivity contribution in [2.45, 2.75) is 56.8 Å². The zero-order chi connectivity index (χ0) is 14.0. The standard InChI is InChI=1S/C10H15F6NO/c1-2-3-17-6-4-7(5-6)18-8(9(11,12)13)10(14,15)16/h6-8,17H,2-5H2,1H3. The van der Waals surface area contributed by atoms with Gasteiger partial charge in [-0.05, 0) is 25.8 Å². The second-order valence-electron chi connectivity index (χ2n) is 4.34. The maximum absolute atomic E-state index is 12.2. The van der Waals surface area contributed by atoms with Crippen molar-refractivity contribution >= 4 is 0 Å². The van der Waals surface area contributed by atoms with Crippen LogP contribution in [0.25, 0.3) is 0 Å². The van der Waals surface area contributed by atoms with Crippen molar-refractivity contribution in [2.24, 2.45) is 0 Å². The normalized spacial score (nSPS) is 25.3. The van der Waals surface area contributed by atoms with Gasteiger partial charge in [-0.25, -0.2) is 0 Å². The monoisotopic (exact) mass is 279 g/mol. The second-order valence-corrected chi connectivity index (χ2v) is 4.34. The Morgan fingerprint density at radius 2 is 1.61 bits per heavy atom. The van der Waals surface area contributed by atoms with Crippen LogP contribution in [0.15, 0.2) is 0 Å². The van der Waals surface area contributed by atoms with Crippen LogP contribution < -0.4 is 5.32 Å². The van der Waals surface area contributed by atoms with Gasteiger partial charge in [-0.2, -0.15) is 26.3 Å². The molecule has 0 bridgehead atoms. The molecule has 18 heavy (non-hydrogen) atoms. The van der Waals surface area contributed by atoms with Crippen LogP contribution in [0.5, 0.6) is 0 Å². The smallest absolute Gasteiger partial charge is 0.357 e. The minimum absolute atomic E-state index is 0.0444. The highest BCUT2D eigenvalue weighted by molar-refractivity contribution is 4.88. The summed E-state index contributed by atoms with van der Waals surface area (Å²) in [5.74, 6) is 0. The molecule has 0 saturated heterocycles. The Balaban J connectivity index is 2.42. The van der Waals surface area contributed by atoms with Crippen LogP contribution in [0.2, 0.25) is 0 Å². The summed E-state index contributed by atoms with van der Waals surface area (Å²) in [6, 6.07) is -0.0444. The van der Waals surface area contributed by atoms with Crippen molar-refractivity contribution in [3.63, 3.8) is 0 Å². The summed E-state index contributed by atoms with van der Waals surface area (Å²) >= 11 is 0.